The van der Waals surface area contributed by atoms with E-state index in [4.69, 9.17) is 9.84 Å². The first-order chi connectivity index (χ1) is 17.0. The SMILES string of the molecule is Cc1c(CC(=O)OC(C)(C)C)c(-c2c[nH]ccc2=O)nn1C(c1ccc(F)cc1)c1ccc(F)cc1. The summed E-state index contributed by atoms with van der Waals surface area (Å²) in [6.07, 6.45) is 2.95. The molecule has 0 atom stereocenters. The number of nitrogens with zero attached hydrogens (tertiary/aromatic N) is 2. The molecule has 0 aliphatic heterocycles. The average Bonchev–Trinajstić information content (AvgIpc) is 3.11. The van der Waals surface area contributed by atoms with Crippen molar-refractivity contribution in [1.29, 1.82) is 0 Å². The van der Waals surface area contributed by atoms with E-state index in [1.165, 1.54) is 42.7 Å². The van der Waals surface area contributed by atoms with Gasteiger partial charge in [-0.05, 0) is 63.1 Å². The molecule has 0 spiro atoms. The average molecular weight is 492 g/mol. The van der Waals surface area contributed by atoms with Crippen LogP contribution in [-0.2, 0) is 16.0 Å². The fourth-order valence-electron chi connectivity index (χ4n) is 4.12. The molecule has 6 nitrogen and oxygen atoms in total. The van der Waals surface area contributed by atoms with E-state index >= 15 is 0 Å². The summed E-state index contributed by atoms with van der Waals surface area (Å²) in [5, 5.41) is 4.79. The Morgan fingerprint density at radius 3 is 2.06 bits per heavy atom. The largest absolute Gasteiger partial charge is 0.460 e. The van der Waals surface area contributed by atoms with Gasteiger partial charge in [0.15, 0.2) is 5.43 Å². The van der Waals surface area contributed by atoms with Crippen LogP contribution in [0.3, 0.4) is 0 Å². The number of rotatable bonds is 6. The van der Waals surface area contributed by atoms with Crippen LogP contribution in [0.2, 0.25) is 0 Å². The van der Waals surface area contributed by atoms with Crippen molar-refractivity contribution in [3.8, 4) is 11.3 Å². The van der Waals surface area contributed by atoms with Gasteiger partial charge in [-0.3, -0.25) is 14.3 Å². The van der Waals surface area contributed by atoms with Crippen molar-refractivity contribution in [1.82, 2.24) is 14.8 Å². The highest BCUT2D eigenvalue weighted by Gasteiger charge is 2.28. The Bertz CT molecular complexity index is 1390. The number of aromatic nitrogens is 3. The second-order valence-electron chi connectivity index (χ2n) is 9.55. The molecule has 0 saturated heterocycles. The van der Waals surface area contributed by atoms with Gasteiger partial charge in [0.25, 0.3) is 0 Å². The zero-order chi connectivity index (χ0) is 26.0. The molecule has 0 saturated carbocycles. The van der Waals surface area contributed by atoms with Gasteiger partial charge in [-0.2, -0.15) is 5.10 Å². The number of aromatic amines is 1. The number of carbonyl (C=O) groups is 1. The second kappa shape index (κ2) is 9.89. The van der Waals surface area contributed by atoms with Gasteiger partial charge >= 0.3 is 5.97 Å². The van der Waals surface area contributed by atoms with Gasteiger partial charge in [0.2, 0.25) is 0 Å². The molecule has 2 heterocycles. The van der Waals surface area contributed by atoms with Gasteiger partial charge in [0.05, 0.1) is 12.0 Å². The molecule has 0 unspecified atom stereocenters. The molecule has 0 aliphatic rings. The van der Waals surface area contributed by atoms with Gasteiger partial charge in [-0.1, -0.05) is 24.3 Å². The van der Waals surface area contributed by atoms with E-state index in [2.05, 4.69) is 4.98 Å². The number of hydrogen-bond acceptors (Lipinski definition) is 4. The number of ether oxygens (including phenoxy) is 1. The van der Waals surface area contributed by atoms with Crippen LogP contribution in [0.4, 0.5) is 8.78 Å². The number of nitrogens with one attached hydrogen (secondary N) is 1. The maximum Gasteiger partial charge on any atom is 0.310 e. The minimum atomic E-state index is -0.684. The monoisotopic (exact) mass is 491 g/mol. The topological polar surface area (TPSA) is 77.0 Å². The van der Waals surface area contributed by atoms with Crippen molar-refractivity contribution in [2.75, 3.05) is 0 Å². The predicted molar refractivity (Wildman–Crippen MR) is 133 cm³/mol. The van der Waals surface area contributed by atoms with Crippen molar-refractivity contribution in [2.45, 2.75) is 45.8 Å². The first-order valence-corrected chi connectivity index (χ1v) is 11.5. The highest BCUT2D eigenvalue weighted by molar-refractivity contribution is 5.77. The van der Waals surface area contributed by atoms with Crippen LogP contribution in [0.1, 0.15) is 49.2 Å². The van der Waals surface area contributed by atoms with E-state index in [9.17, 15) is 18.4 Å². The molecule has 2 aromatic heterocycles. The van der Waals surface area contributed by atoms with Crippen molar-refractivity contribution >= 4 is 5.97 Å². The fourth-order valence-corrected chi connectivity index (χ4v) is 4.12. The van der Waals surface area contributed by atoms with E-state index in [0.717, 1.165) is 0 Å². The lowest BCUT2D eigenvalue weighted by molar-refractivity contribution is -0.153. The Morgan fingerprint density at radius 2 is 1.56 bits per heavy atom. The minimum Gasteiger partial charge on any atom is -0.460 e. The highest BCUT2D eigenvalue weighted by Crippen LogP contribution is 2.33. The molecule has 0 bridgehead atoms. The Hall–Kier alpha value is -4.07. The summed E-state index contributed by atoms with van der Waals surface area (Å²) in [7, 11) is 0. The molecule has 0 radical (unpaired) electrons. The van der Waals surface area contributed by atoms with Crippen molar-refractivity contribution in [3.63, 3.8) is 0 Å². The molecule has 4 aromatic rings. The quantitative estimate of drug-likeness (QED) is 0.369. The molecule has 2 aromatic carbocycles. The summed E-state index contributed by atoms with van der Waals surface area (Å²) in [6.45, 7) is 7.14. The lowest BCUT2D eigenvalue weighted by Crippen LogP contribution is -2.25. The summed E-state index contributed by atoms with van der Waals surface area (Å²) in [5.41, 5.74) is 2.26. The van der Waals surface area contributed by atoms with Crippen LogP contribution in [-0.4, -0.2) is 26.3 Å². The maximum absolute atomic E-state index is 13.7. The number of halogens is 2. The fraction of sp³-hybridized carbons (Fsp3) is 0.250. The zero-order valence-electron chi connectivity index (χ0n) is 20.5. The molecular weight excluding hydrogens is 464 g/mol. The van der Waals surface area contributed by atoms with E-state index < -0.39 is 29.2 Å². The summed E-state index contributed by atoms with van der Waals surface area (Å²) in [6, 6.07) is 12.7. The van der Waals surface area contributed by atoms with Crippen LogP contribution in [0.5, 0.6) is 0 Å². The third kappa shape index (κ3) is 5.43. The lowest BCUT2D eigenvalue weighted by Gasteiger charge is -2.21. The van der Waals surface area contributed by atoms with Crippen LogP contribution in [0.15, 0.2) is 71.8 Å². The van der Waals surface area contributed by atoms with E-state index in [0.29, 0.717) is 33.6 Å². The molecule has 8 heteroatoms. The Kier molecular flexibility index (Phi) is 6.88. The number of H-pyrrole nitrogens is 1. The first kappa shape index (κ1) is 25.0. The standard InChI is InChI=1S/C28H27F2N3O3/c1-17-22(15-25(35)36-28(2,3)4)26(23-16-31-14-13-24(23)34)32-33(17)27(18-5-9-20(29)10-6-18)19-7-11-21(30)12-8-19/h5-14,16,27H,15H2,1-4H3,(H,31,34). The number of pyridine rings is 1. The van der Waals surface area contributed by atoms with Crippen LogP contribution < -0.4 is 5.43 Å². The van der Waals surface area contributed by atoms with Gasteiger partial charge < -0.3 is 9.72 Å². The number of esters is 1. The third-order valence-electron chi connectivity index (χ3n) is 5.71. The number of hydrogen-bond donors (Lipinski definition) is 1. The van der Waals surface area contributed by atoms with Gasteiger partial charge in [-0.15, -0.1) is 0 Å². The molecule has 36 heavy (non-hydrogen) atoms. The van der Waals surface area contributed by atoms with Gasteiger partial charge in [0, 0.05) is 29.7 Å². The predicted octanol–water partition coefficient (Wildman–Crippen LogP) is 5.35. The Balaban J connectivity index is 1.93. The summed E-state index contributed by atoms with van der Waals surface area (Å²) in [5.74, 6) is -1.24. The highest BCUT2D eigenvalue weighted by atomic mass is 19.1. The van der Waals surface area contributed by atoms with Crippen molar-refractivity contribution < 1.29 is 18.3 Å². The van der Waals surface area contributed by atoms with E-state index in [1.54, 1.807) is 56.6 Å². The van der Waals surface area contributed by atoms with Crippen LogP contribution >= 0.6 is 0 Å². The maximum atomic E-state index is 13.7. The Morgan fingerprint density at radius 1 is 1.00 bits per heavy atom. The smallest absolute Gasteiger partial charge is 0.310 e. The minimum absolute atomic E-state index is 0.105. The zero-order valence-corrected chi connectivity index (χ0v) is 20.5. The molecular formula is C28H27F2N3O3. The van der Waals surface area contributed by atoms with E-state index in [-0.39, 0.29) is 11.8 Å². The summed E-state index contributed by atoms with van der Waals surface area (Å²) in [4.78, 5) is 28.4. The van der Waals surface area contributed by atoms with E-state index in [1.807, 2.05) is 0 Å². The molecule has 0 fully saturated rings. The molecule has 1 N–H and O–H groups in total. The molecule has 4 rings (SSSR count). The van der Waals surface area contributed by atoms with Crippen LogP contribution in [0, 0.1) is 18.6 Å². The summed E-state index contributed by atoms with van der Waals surface area (Å²) >= 11 is 0. The van der Waals surface area contributed by atoms with Crippen molar-refractivity contribution in [2.24, 2.45) is 0 Å². The molecule has 0 aliphatic carbocycles. The normalized spacial score (nSPS) is 11.6. The second-order valence-corrected chi connectivity index (χ2v) is 9.55. The molecule has 0 amide bonds. The van der Waals surface area contributed by atoms with Crippen LogP contribution in [0.25, 0.3) is 11.3 Å². The van der Waals surface area contributed by atoms with Gasteiger partial charge in [-0.25, -0.2) is 8.78 Å². The first-order valence-electron chi connectivity index (χ1n) is 11.5. The lowest BCUT2D eigenvalue weighted by atomic mass is 9.98. The molecule has 186 valence electrons. The number of carbonyl (C=O) groups excluding carboxylic acids is 1. The summed E-state index contributed by atoms with van der Waals surface area (Å²) < 4.78 is 34.7. The third-order valence-corrected chi connectivity index (χ3v) is 5.71. The van der Waals surface area contributed by atoms with Crippen molar-refractivity contribution in [3.05, 3.63) is 111 Å². The van der Waals surface area contributed by atoms with Gasteiger partial charge in [0.1, 0.15) is 29.0 Å². The Labute approximate surface area is 207 Å². The number of benzene rings is 2.